The van der Waals surface area contributed by atoms with E-state index in [9.17, 15) is 5.11 Å². The molecule has 1 aromatic heterocycles. The summed E-state index contributed by atoms with van der Waals surface area (Å²) in [6.45, 7) is 3.87. The van der Waals surface area contributed by atoms with E-state index in [0.717, 1.165) is 17.0 Å². The first-order valence-corrected chi connectivity index (χ1v) is 5.87. The molecule has 0 fully saturated rings. The molecule has 0 radical (unpaired) electrons. The number of rotatable bonds is 3. The Bertz CT molecular complexity index is 544. The van der Waals surface area contributed by atoms with E-state index < -0.39 is 0 Å². The minimum Gasteiger partial charge on any atom is -0.507 e. The Morgan fingerprint density at radius 3 is 2.22 bits per heavy atom. The number of para-hydroxylation sites is 1. The zero-order chi connectivity index (χ0) is 13.1. The third-order valence-corrected chi connectivity index (χ3v) is 2.93. The van der Waals surface area contributed by atoms with E-state index in [4.69, 9.17) is 5.11 Å². The second kappa shape index (κ2) is 5.14. The lowest BCUT2D eigenvalue weighted by atomic mass is 10.1. The average molecular weight is 244 g/mol. The molecule has 18 heavy (non-hydrogen) atoms. The summed E-state index contributed by atoms with van der Waals surface area (Å²) in [5.41, 5.74) is 3.28. The molecule has 2 N–H and O–H groups in total. The van der Waals surface area contributed by atoms with Crippen molar-refractivity contribution >= 4 is 0 Å². The number of aromatic hydroxyl groups is 1. The van der Waals surface area contributed by atoms with Gasteiger partial charge in [-0.1, -0.05) is 12.1 Å². The van der Waals surface area contributed by atoms with Gasteiger partial charge in [-0.15, -0.1) is 0 Å². The van der Waals surface area contributed by atoms with Crippen LogP contribution in [0.15, 0.2) is 24.3 Å². The second-order valence-electron chi connectivity index (χ2n) is 4.19. The van der Waals surface area contributed by atoms with Gasteiger partial charge in [-0.05, 0) is 38.0 Å². The van der Waals surface area contributed by atoms with E-state index in [1.165, 1.54) is 0 Å². The molecule has 0 aliphatic rings. The number of aliphatic hydroxyl groups excluding tert-OH is 1. The largest absolute Gasteiger partial charge is 0.507 e. The molecule has 0 spiro atoms. The maximum absolute atomic E-state index is 9.80. The van der Waals surface area contributed by atoms with Crippen LogP contribution in [0, 0.1) is 13.8 Å². The van der Waals surface area contributed by atoms with Crippen LogP contribution in [0.3, 0.4) is 0 Å². The second-order valence-corrected chi connectivity index (χ2v) is 4.19. The fourth-order valence-corrected chi connectivity index (χ4v) is 2.00. The number of phenols is 1. The Morgan fingerprint density at radius 2 is 1.67 bits per heavy atom. The fourth-order valence-electron chi connectivity index (χ4n) is 2.00. The van der Waals surface area contributed by atoms with Crippen molar-refractivity contribution in [1.29, 1.82) is 0 Å². The minimum atomic E-state index is 0.0843. The lowest BCUT2D eigenvalue weighted by molar-refractivity contribution is 0.298. The number of aromatic nitrogens is 2. The van der Waals surface area contributed by atoms with E-state index in [-0.39, 0.29) is 12.4 Å². The quantitative estimate of drug-likeness (QED) is 0.866. The van der Waals surface area contributed by atoms with Gasteiger partial charge in [0, 0.05) is 18.0 Å². The highest BCUT2D eigenvalue weighted by atomic mass is 16.3. The van der Waals surface area contributed by atoms with Gasteiger partial charge in [0.2, 0.25) is 0 Å². The molecule has 0 atom stereocenters. The third-order valence-electron chi connectivity index (χ3n) is 2.93. The molecule has 2 aromatic rings. The average Bonchev–Trinajstić information content (AvgIpc) is 2.34. The number of aryl methyl sites for hydroxylation is 2. The van der Waals surface area contributed by atoms with Crippen molar-refractivity contribution < 1.29 is 10.2 Å². The summed E-state index contributed by atoms with van der Waals surface area (Å²) in [4.78, 5) is 8.80. The molecule has 0 unspecified atom stereocenters. The summed E-state index contributed by atoms with van der Waals surface area (Å²) in [6.07, 6.45) is 0.554. The standard InChI is InChI=1S/C14H16N2O2/c1-9-11(7-8-17)10(2)16-14(15-9)12-5-3-4-6-13(12)18/h3-6,17-18H,7-8H2,1-2H3. The predicted octanol–water partition coefficient (Wildman–Crippen LogP) is 2.00. The van der Waals surface area contributed by atoms with Gasteiger partial charge in [0.05, 0.1) is 5.56 Å². The van der Waals surface area contributed by atoms with Crippen LogP contribution >= 0.6 is 0 Å². The lowest BCUT2D eigenvalue weighted by Gasteiger charge is -2.10. The van der Waals surface area contributed by atoms with Crippen LogP contribution in [-0.4, -0.2) is 26.8 Å². The molecule has 0 bridgehead atoms. The van der Waals surface area contributed by atoms with Gasteiger partial charge >= 0.3 is 0 Å². The summed E-state index contributed by atoms with van der Waals surface area (Å²) >= 11 is 0. The molecular weight excluding hydrogens is 228 g/mol. The zero-order valence-corrected chi connectivity index (χ0v) is 10.5. The number of aliphatic hydroxyl groups is 1. The molecule has 4 heteroatoms. The monoisotopic (exact) mass is 244 g/mol. The predicted molar refractivity (Wildman–Crippen MR) is 69.4 cm³/mol. The number of hydrogen-bond donors (Lipinski definition) is 2. The van der Waals surface area contributed by atoms with Crippen molar-refractivity contribution in [2.75, 3.05) is 6.61 Å². The SMILES string of the molecule is Cc1nc(-c2ccccc2O)nc(C)c1CCO. The fraction of sp³-hybridized carbons (Fsp3) is 0.286. The number of hydrogen-bond acceptors (Lipinski definition) is 4. The Labute approximate surface area is 106 Å². The van der Waals surface area contributed by atoms with Crippen LogP contribution in [-0.2, 0) is 6.42 Å². The van der Waals surface area contributed by atoms with Crippen LogP contribution < -0.4 is 0 Å². The smallest absolute Gasteiger partial charge is 0.163 e. The Morgan fingerprint density at radius 1 is 1.06 bits per heavy atom. The molecule has 1 heterocycles. The number of nitrogens with zero attached hydrogens (tertiary/aromatic N) is 2. The maximum atomic E-state index is 9.80. The van der Waals surface area contributed by atoms with Crippen LogP contribution in [0.1, 0.15) is 17.0 Å². The van der Waals surface area contributed by atoms with Gasteiger partial charge in [0.15, 0.2) is 5.82 Å². The summed E-state index contributed by atoms with van der Waals surface area (Å²) in [5, 5.41) is 18.8. The lowest BCUT2D eigenvalue weighted by Crippen LogP contribution is -2.04. The molecule has 1 aromatic carbocycles. The van der Waals surface area contributed by atoms with Crippen molar-refractivity contribution in [3.8, 4) is 17.1 Å². The number of benzene rings is 1. The minimum absolute atomic E-state index is 0.0843. The van der Waals surface area contributed by atoms with Crippen LogP contribution in [0.25, 0.3) is 11.4 Å². The van der Waals surface area contributed by atoms with E-state index in [1.54, 1.807) is 18.2 Å². The summed E-state index contributed by atoms with van der Waals surface area (Å²) in [7, 11) is 0. The van der Waals surface area contributed by atoms with Crippen molar-refractivity contribution in [1.82, 2.24) is 9.97 Å². The van der Waals surface area contributed by atoms with Gasteiger partial charge in [0.25, 0.3) is 0 Å². The van der Waals surface area contributed by atoms with Gasteiger partial charge in [0.1, 0.15) is 5.75 Å². The first-order valence-electron chi connectivity index (χ1n) is 5.87. The summed E-state index contributed by atoms with van der Waals surface area (Å²) < 4.78 is 0. The van der Waals surface area contributed by atoms with E-state index in [0.29, 0.717) is 17.8 Å². The van der Waals surface area contributed by atoms with Crippen molar-refractivity contribution in [2.45, 2.75) is 20.3 Å². The van der Waals surface area contributed by atoms with Gasteiger partial charge in [-0.2, -0.15) is 0 Å². The third kappa shape index (κ3) is 2.33. The van der Waals surface area contributed by atoms with Crippen molar-refractivity contribution in [2.24, 2.45) is 0 Å². The van der Waals surface area contributed by atoms with Gasteiger partial charge < -0.3 is 10.2 Å². The zero-order valence-electron chi connectivity index (χ0n) is 10.5. The highest BCUT2D eigenvalue weighted by Gasteiger charge is 2.11. The van der Waals surface area contributed by atoms with Crippen LogP contribution in [0.4, 0.5) is 0 Å². The van der Waals surface area contributed by atoms with E-state index in [1.807, 2.05) is 19.9 Å². The Kier molecular flexibility index (Phi) is 3.58. The normalized spacial score (nSPS) is 10.6. The first-order chi connectivity index (χ1) is 8.63. The molecular formula is C14H16N2O2. The van der Waals surface area contributed by atoms with Crippen LogP contribution in [0.2, 0.25) is 0 Å². The maximum Gasteiger partial charge on any atom is 0.163 e. The molecule has 2 rings (SSSR count). The van der Waals surface area contributed by atoms with Crippen molar-refractivity contribution in [3.05, 3.63) is 41.2 Å². The molecule has 0 saturated carbocycles. The Balaban J connectivity index is 2.52. The highest BCUT2D eigenvalue weighted by Crippen LogP contribution is 2.26. The molecule has 0 aliphatic carbocycles. The molecule has 0 saturated heterocycles. The molecule has 0 amide bonds. The summed E-state index contributed by atoms with van der Waals surface area (Å²) in [6, 6.07) is 7.00. The first kappa shape index (κ1) is 12.5. The topological polar surface area (TPSA) is 66.2 Å². The highest BCUT2D eigenvalue weighted by molar-refractivity contribution is 5.63. The molecule has 4 nitrogen and oxygen atoms in total. The number of phenolic OH excluding ortho intramolecular Hbond substituents is 1. The van der Waals surface area contributed by atoms with E-state index >= 15 is 0 Å². The Hall–Kier alpha value is -1.94. The van der Waals surface area contributed by atoms with Crippen molar-refractivity contribution in [3.63, 3.8) is 0 Å². The van der Waals surface area contributed by atoms with Gasteiger partial charge in [-0.25, -0.2) is 9.97 Å². The molecule has 94 valence electrons. The molecule has 0 aliphatic heterocycles. The van der Waals surface area contributed by atoms with Gasteiger partial charge in [-0.3, -0.25) is 0 Å². The summed E-state index contributed by atoms with van der Waals surface area (Å²) in [5.74, 6) is 0.691. The van der Waals surface area contributed by atoms with E-state index in [2.05, 4.69) is 9.97 Å². The van der Waals surface area contributed by atoms with Crippen LogP contribution in [0.5, 0.6) is 5.75 Å².